The first-order valence-corrected chi connectivity index (χ1v) is 8.85. The summed E-state index contributed by atoms with van der Waals surface area (Å²) in [4.78, 5) is 23.5. The second-order valence-corrected chi connectivity index (χ2v) is 6.56. The number of methoxy groups -OCH3 is 1. The number of hydrogen-bond acceptors (Lipinski definition) is 7. The highest BCUT2D eigenvalue weighted by molar-refractivity contribution is 5.93. The number of rotatable bonds is 6. The number of hydrogen-bond donors (Lipinski definition) is 1. The predicted molar refractivity (Wildman–Crippen MR) is 95.9 cm³/mol. The van der Waals surface area contributed by atoms with Crippen molar-refractivity contribution in [2.24, 2.45) is 5.92 Å². The molecule has 0 aliphatic carbocycles. The molecule has 1 saturated heterocycles. The van der Waals surface area contributed by atoms with Gasteiger partial charge in [-0.3, -0.25) is 9.78 Å². The van der Waals surface area contributed by atoms with Crippen LogP contribution in [0.5, 0.6) is 0 Å². The molecule has 140 valence electrons. The van der Waals surface area contributed by atoms with E-state index in [0.29, 0.717) is 30.5 Å². The third kappa shape index (κ3) is 3.85. The van der Waals surface area contributed by atoms with Crippen LogP contribution in [-0.4, -0.2) is 53.2 Å². The Kier molecular flexibility index (Phi) is 5.82. The molecule has 0 aromatic carbocycles. The molecule has 8 nitrogen and oxygen atoms in total. The zero-order chi connectivity index (χ0) is 18.5. The predicted octanol–water partition coefficient (Wildman–Crippen LogP) is 2.06. The number of ether oxygens (including phenoxy) is 1. The van der Waals surface area contributed by atoms with Crippen molar-refractivity contribution < 1.29 is 14.1 Å². The third-order valence-electron chi connectivity index (χ3n) is 4.77. The van der Waals surface area contributed by atoms with Gasteiger partial charge in [-0.1, -0.05) is 5.16 Å². The van der Waals surface area contributed by atoms with E-state index in [-0.39, 0.29) is 5.91 Å². The van der Waals surface area contributed by atoms with E-state index in [9.17, 15) is 4.79 Å². The van der Waals surface area contributed by atoms with Crippen molar-refractivity contribution in [2.75, 3.05) is 32.6 Å². The Hall–Kier alpha value is -2.48. The number of likely N-dealkylation sites (tertiary alicyclic amines) is 1. The van der Waals surface area contributed by atoms with E-state index in [4.69, 9.17) is 9.26 Å². The second-order valence-electron chi connectivity index (χ2n) is 6.56. The van der Waals surface area contributed by atoms with Crippen LogP contribution >= 0.6 is 0 Å². The smallest absolute Gasteiger partial charge is 0.276 e. The first-order chi connectivity index (χ1) is 12.6. The molecule has 0 saturated carbocycles. The number of nitrogens with zero attached hydrogens (tertiary/aromatic N) is 4. The molecule has 1 amide bonds. The van der Waals surface area contributed by atoms with Gasteiger partial charge in [0.2, 0.25) is 0 Å². The first-order valence-electron chi connectivity index (χ1n) is 8.85. The molecule has 1 aliphatic rings. The largest absolute Gasteiger partial charge is 0.380 e. The lowest BCUT2D eigenvalue weighted by atomic mass is 9.93. The molecular formula is C18H25N5O3. The number of aromatic nitrogens is 3. The molecule has 0 bridgehead atoms. The Balaban J connectivity index is 1.71. The molecule has 3 heterocycles. The zero-order valence-electron chi connectivity index (χ0n) is 15.5. The molecule has 1 atom stereocenters. The number of anilines is 1. The van der Waals surface area contributed by atoms with E-state index in [1.54, 1.807) is 26.4 Å². The number of piperidine rings is 1. The lowest BCUT2D eigenvalue weighted by Gasteiger charge is -2.32. The van der Waals surface area contributed by atoms with Gasteiger partial charge in [-0.15, -0.1) is 0 Å². The van der Waals surface area contributed by atoms with E-state index in [0.717, 1.165) is 42.9 Å². The van der Waals surface area contributed by atoms with Crippen LogP contribution in [0.1, 0.15) is 40.3 Å². The standard InChI is InChI=1S/C18H25N5O3/c1-12-14(11-25-3)16(22-26-12)18(24)23-8-4-5-13(10-23)9-15-17(19-2)21-7-6-20-15/h6-7,13H,4-5,8-11H2,1-3H3,(H,19,21)/t13-/m1/s1. The van der Waals surface area contributed by atoms with Gasteiger partial charge in [0.05, 0.1) is 17.9 Å². The van der Waals surface area contributed by atoms with Crippen molar-refractivity contribution >= 4 is 11.7 Å². The Bertz CT molecular complexity index is 761. The molecule has 26 heavy (non-hydrogen) atoms. The maximum absolute atomic E-state index is 12.9. The van der Waals surface area contributed by atoms with Gasteiger partial charge in [0.15, 0.2) is 5.69 Å². The van der Waals surface area contributed by atoms with Crippen molar-refractivity contribution in [3.63, 3.8) is 0 Å². The van der Waals surface area contributed by atoms with Crippen LogP contribution in [0, 0.1) is 12.8 Å². The molecule has 2 aromatic heterocycles. The van der Waals surface area contributed by atoms with Crippen molar-refractivity contribution in [1.82, 2.24) is 20.0 Å². The summed E-state index contributed by atoms with van der Waals surface area (Å²) in [7, 11) is 3.44. The van der Waals surface area contributed by atoms with Gasteiger partial charge >= 0.3 is 0 Å². The normalized spacial score (nSPS) is 17.3. The summed E-state index contributed by atoms with van der Waals surface area (Å²) >= 11 is 0. The van der Waals surface area contributed by atoms with Gasteiger partial charge in [0, 0.05) is 39.6 Å². The molecule has 1 fully saturated rings. The topological polar surface area (TPSA) is 93.4 Å². The van der Waals surface area contributed by atoms with Crippen LogP contribution in [0.25, 0.3) is 0 Å². The van der Waals surface area contributed by atoms with Crippen molar-refractivity contribution in [3.05, 3.63) is 35.1 Å². The third-order valence-corrected chi connectivity index (χ3v) is 4.77. The summed E-state index contributed by atoms with van der Waals surface area (Å²) < 4.78 is 10.4. The summed E-state index contributed by atoms with van der Waals surface area (Å²) in [6, 6.07) is 0. The van der Waals surface area contributed by atoms with Crippen LogP contribution in [0.15, 0.2) is 16.9 Å². The molecular weight excluding hydrogens is 334 g/mol. The highest BCUT2D eigenvalue weighted by atomic mass is 16.5. The van der Waals surface area contributed by atoms with Gasteiger partial charge in [0.25, 0.3) is 5.91 Å². The van der Waals surface area contributed by atoms with Gasteiger partial charge in [-0.2, -0.15) is 0 Å². The summed E-state index contributed by atoms with van der Waals surface area (Å²) in [6.07, 6.45) is 6.19. The summed E-state index contributed by atoms with van der Waals surface area (Å²) in [5, 5.41) is 7.05. The average molecular weight is 359 g/mol. The maximum Gasteiger partial charge on any atom is 0.276 e. The van der Waals surface area contributed by atoms with Crippen LogP contribution < -0.4 is 5.32 Å². The Morgan fingerprint density at radius 1 is 1.42 bits per heavy atom. The lowest BCUT2D eigenvalue weighted by Crippen LogP contribution is -2.41. The monoisotopic (exact) mass is 359 g/mol. The van der Waals surface area contributed by atoms with Crippen molar-refractivity contribution in [3.8, 4) is 0 Å². The molecule has 0 unspecified atom stereocenters. The zero-order valence-corrected chi connectivity index (χ0v) is 15.5. The van der Waals surface area contributed by atoms with Crippen LogP contribution in [0.4, 0.5) is 5.82 Å². The van der Waals surface area contributed by atoms with E-state index in [2.05, 4.69) is 20.4 Å². The molecule has 8 heteroatoms. The molecule has 2 aromatic rings. The first kappa shape index (κ1) is 18.3. The summed E-state index contributed by atoms with van der Waals surface area (Å²) in [5.41, 5.74) is 2.03. The molecule has 0 spiro atoms. The number of aryl methyl sites for hydroxylation is 1. The average Bonchev–Trinajstić information content (AvgIpc) is 3.03. The lowest BCUT2D eigenvalue weighted by molar-refractivity contribution is 0.0658. The van der Waals surface area contributed by atoms with Crippen molar-refractivity contribution in [2.45, 2.75) is 32.8 Å². The SMILES string of the molecule is CNc1nccnc1C[C@H]1CCCN(C(=O)c2noc(C)c2COC)C1. The maximum atomic E-state index is 12.9. The Labute approximate surface area is 152 Å². The summed E-state index contributed by atoms with van der Waals surface area (Å²) in [5.74, 6) is 1.68. The van der Waals surface area contributed by atoms with Gasteiger partial charge in [0.1, 0.15) is 11.6 Å². The second kappa shape index (κ2) is 8.27. The van der Waals surface area contributed by atoms with E-state index in [1.165, 1.54) is 0 Å². The highest BCUT2D eigenvalue weighted by Gasteiger charge is 2.29. The van der Waals surface area contributed by atoms with E-state index < -0.39 is 0 Å². The molecule has 1 aliphatic heterocycles. The quantitative estimate of drug-likeness (QED) is 0.843. The van der Waals surface area contributed by atoms with Crippen LogP contribution in [-0.2, 0) is 17.8 Å². The summed E-state index contributed by atoms with van der Waals surface area (Å²) in [6.45, 7) is 3.52. The number of carbonyl (C=O) groups excluding carboxylic acids is 1. The fourth-order valence-electron chi connectivity index (χ4n) is 3.44. The van der Waals surface area contributed by atoms with Gasteiger partial charge < -0.3 is 19.5 Å². The number of amides is 1. The van der Waals surface area contributed by atoms with E-state index in [1.807, 2.05) is 11.9 Å². The highest BCUT2D eigenvalue weighted by Crippen LogP contribution is 2.25. The molecule has 3 rings (SSSR count). The van der Waals surface area contributed by atoms with Gasteiger partial charge in [-0.25, -0.2) is 4.98 Å². The Morgan fingerprint density at radius 2 is 2.23 bits per heavy atom. The Morgan fingerprint density at radius 3 is 3.00 bits per heavy atom. The van der Waals surface area contributed by atoms with Crippen LogP contribution in [0.3, 0.4) is 0 Å². The minimum atomic E-state index is -0.0911. The van der Waals surface area contributed by atoms with Crippen LogP contribution in [0.2, 0.25) is 0 Å². The number of carbonyl (C=O) groups is 1. The number of nitrogens with one attached hydrogen (secondary N) is 1. The van der Waals surface area contributed by atoms with E-state index >= 15 is 0 Å². The molecule has 1 N–H and O–H groups in total. The van der Waals surface area contributed by atoms with Crippen molar-refractivity contribution in [1.29, 1.82) is 0 Å². The minimum absolute atomic E-state index is 0.0911. The minimum Gasteiger partial charge on any atom is -0.380 e. The fourth-order valence-corrected chi connectivity index (χ4v) is 3.44. The molecule has 0 radical (unpaired) electrons. The van der Waals surface area contributed by atoms with Gasteiger partial charge in [-0.05, 0) is 32.1 Å². The fraction of sp³-hybridized carbons (Fsp3) is 0.556.